The van der Waals surface area contributed by atoms with E-state index in [-0.39, 0.29) is 18.0 Å². The monoisotopic (exact) mass is 228 g/mol. The van der Waals surface area contributed by atoms with Crippen molar-refractivity contribution >= 4 is 11.9 Å². The van der Waals surface area contributed by atoms with Gasteiger partial charge in [-0.1, -0.05) is 0 Å². The zero-order chi connectivity index (χ0) is 11.8. The van der Waals surface area contributed by atoms with Crippen LogP contribution >= 0.6 is 0 Å². The summed E-state index contributed by atoms with van der Waals surface area (Å²) in [6, 6.07) is 0. The maximum atomic E-state index is 11.3. The van der Waals surface area contributed by atoms with Crippen LogP contribution in [-0.2, 0) is 19.1 Å². The maximum Gasteiger partial charge on any atom is 0.306 e. The Bertz CT molecular complexity index is 237. The lowest BCUT2D eigenvalue weighted by Crippen LogP contribution is -2.14. The Morgan fingerprint density at radius 2 is 1.69 bits per heavy atom. The van der Waals surface area contributed by atoms with Crippen LogP contribution in [0.5, 0.6) is 0 Å². The highest BCUT2D eigenvalue weighted by molar-refractivity contribution is 5.70. The molecule has 16 heavy (non-hydrogen) atoms. The number of ether oxygens (including phenoxy) is 2. The third-order valence-electron chi connectivity index (χ3n) is 2.61. The van der Waals surface area contributed by atoms with Gasteiger partial charge >= 0.3 is 11.9 Å². The van der Waals surface area contributed by atoms with Gasteiger partial charge in [-0.2, -0.15) is 0 Å². The molecule has 0 spiro atoms. The van der Waals surface area contributed by atoms with Gasteiger partial charge in [0.25, 0.3) is 0 Å². The summed E-state index contributed by atoms with van der Waals surface area (Å²) in [6.45, 7) is 2.39. The predicted molar refractivity (Wildman–Crippen MR) is 58.8 cm³/mol. The SMILES string of the molecule is CC1CCCCOC(=O)CCCCC(=O)O1. The third-order valence-corrected chi connectivity index (χ3v) is 2.61. The first kappa shape index (κ1) is 13.0. The number of rotatable bonds is 0. The van der Waals surface area contributed by atoms with Crippen molar-refractivity contribution in [2.75, 3.05) is 6.61 Å². The third kappa shape index (κ3) is 5.73. The first-order valence-corrected chi connectivity index (χ1v) is 6.03. The van der Waals surface area contributed by atoms with Crippen molar-refractivity contribution in [1.82, 2.24) is 0 Å². The Kier molecular flexibility index (Phi) is 5.90. The molecule has 0 radical (unpaired) electrons. The molecule has 1 heterocycles. The fourth-order valence-electron chi connectivity index (χ4n) is 1.67. The molecule has 0 bridgehead atoms. The van der Waals surface area contributed by atoms with Crippen molar-refractivity contribution in [3.63, 3.8) is 0 Å². The minimum atomic E-state index is -0.153. The van der Waals surface area contributed by atoms with E-state index in [2.05, 4.69) is 0 Å². The molecule has 0 aromatic heterocycles. The minimum absolute atomic E-state index is 0.0241. The summed E-state index contributed by atoms with van der Waals surface area (Å²) in [6.07, 6.45) is 4.77. The second-order valence-electron chi connectivity index (χ2n) is 4.22. The number of hydrogen-bond acceptors (Lipinski definition) is 4. The van der Waals surface area contributed by atoms with Gasteiger partial charge < -0.3 is 9.47 Å². The number of cyclic esters (lactones) is 2. The highest BCUT2D eigenvalue weighted by atomic mass is 16.5. The van der Waals surface area contributed by atoms with Crippen molar-refractivity contribution in [3.05, 3.63) is 0 Å². The highest BCUT2D eigenvalue weighted by Gasteiger charge is 2.11. The molecule has 4 heteroatoms. The van der Waals surface area contributed by atoms with Crippen LogP contribution in [0.1, 0.15) is 51.9 Å². The summed E-state index contributed by atoms with van der Waals surface area (Å²) < 4.78 is 10.3. The Morgan fingerprint density at radius 1 is 1.00 bits per heavy atom. The van der Waals surface area contributed by atoms with Crippen molar-refractivity contribution in [2.24, 2.45) is 0 Å². The number of esters is 2. The van der Waals surface area contributed by atoms with Gasteiger partial charge in [0, 0.05) is 12.8 Å². The van der Waals surface area contributed by atoms with E-state index in [0.717, 1.165) is 19.3 Å². The molecule has 1 aliphatic heterocycles. The molecule has 4 nitrogen and oxygen atoms in total. The van der Waals surface area contributed by atoms with E-state index in [1.54, 1.807) is 0 Å². The first-order valence-electron chi connectivity index (χ1n) is 6.03. The van der Waals surface area contributed by atoms with Crippen LogP contribution in [0.2, 0.25) is 0 Å². The lowest BCUT2D eigenvalue weighted by Gasteiger charge is -2.12. The van der Waals surface area contributed by atoms with Crippen LogP contribution in [0.25, 0.3) is 0 Å². The summed E-state index contributed by atoms with van der Waals surface area (Å²) in [5.74, 6) is -0.305. The molecule has 92 valence electrons. The van der Waals surface area contributed by atoms with E-state index in [9.17, 15) is 9.59 Å². The van der Waals surface area contributed by atoms with Crippen LogP contribution in [0, 0.1) is 0 Å². The van der Waals surface area contributed by atoms with Gasteiger partial charge in [-0.3, -0.25) is 9.59 Å². The molecule has 0 aromatic rings. The molecule has 0 aliphatic carbocycles. The average molecular weight is 228 g/mol. The molecular weight excluding hydrogens is 208 g/mol. The normalized spacial score (nSPS) is 25.7. The fourth-order valence-corrected chi connectivity index (χ4v) is 1.67. The Hall–Kier alpha value is -1.06. The fraction of sp³-hybridized carbons (Fsp3) is 0.833. The van der Waals surface area contributed by atoms with Crippen LogP contribution in [0.15, 0.2) is 0 Å². The van der Waals surface area contributed by atoms with Gasteiger partial charge in [0.2, 0.25) is 0 Å². The molecule has 1 saturated heterocycles. The van der Waals surface area contributed by atoms with Gasteiger partial charge in [0.1, 0.15) is 0 Å². The molecule has 1 atom stereocenters. The van der Waals surface area contributed by atoms with Crippen molar-refractivity contribution < 1.29 is 19.1 Å². The molecule has 1 fully saturated rings. The van der Waals surface area contributed by atoms with Gasteiger partial charge in [0.15, 0.2) is 0 Å². The smallest absolute Gasteiger partial charge is 0.306 e. The Labute approximate surface area is 96.3 Å². The molecule has 0 N–H and O–H groups in total. The Morgan fingerprint density at radius 3 is 2.44 bits per heavy atom. The average Bonchev–Trinajstić information content (AvgIpc) is 2.24. The van der Waals surface area contributed by atoms with Gasteiger partial charge in [0.05, 0.1) is 12.7 Å². The molecule has 0 saturated carbocycles. The van der Waals surface area contributed by atoms with Crippen LogP contribution < -0.4 is 0 Å². The topological polar surface area (TPSA) is 52.6 Å². The minimum Gasteiger partial charge on any atom is -0.466 e. The standard InChI is InChI=1S/C12H20O4/c1-10-6-4-5-9-15-11(13)7-2-3-8-12(14)16-10/h10H,2-9H2,1H3. The van der Waals surface area contributed by atoms with E-state index in [4.69, 9.17) is 9.47 Å². The first-order chi connectivity index (χ1) is 7.68. The van der Waals surface area contributed by atoms with E-state index < -0.39 is 0 Å². The summed E-state index contributed by atoms with van der Waals surface area (Å²) in [4.78, 5) is 22.5. The van der Waals surface area contributed by atoms with E-state index in [1.165, 1.54) is 0 Å². The van der Waals surface area contributed by atoms with Crippen molar-refractivity contribution in [1.29, 1.82) is 0 Å². The van der Waals surface area contributed by atoms with Crippen LogP contribution in [-0.4, -0.2) is 24.6 Å². The molecule has 0 aromatic carbocycles. The number of carbonyl (C=O) groups is 2. The van der Waals surface area contributed by atoms with Gasteiger partial charge in [-0.15, -0.1) is 0 Å². The largest absolute Gasteiger partial charge is 0.466 e. The van der Waals surface area contributed by atoms with Crippen LogP contribution in [0.3, 0.4) is 0 Å². The second kappa shape index (κ2) is 7.25. The van der Waals surface area contributed by atoms with Crippen LogP contribution in [0.4, 0.5) is 0 Å². The summed E-state index contributed by atoms with van der Waals surface area (Å²) in [7, 11) is 0. The summed E-state index contributed by atoms with van der Waals surface area (Å²) >= 11 is 0. The zero-order valence-electron chi connectivity index (χ0n) is 9.87. The van der Waals surface area contributed by atoms with E-state index in [0.29, 0.717) is 32.3 Å². The highest BCUT2D eigenvalue weighted by Crippen LogP contribution is 2.10. The lowest BCUT2D eigenvalue weighted by atomic mass is 10.2. The molecule has 1 aliphatic rings. The van der Waals surface area contributed by atoms with E-state index >= 15 is 0 Å². The maximum absolute atomic E-state index is 11.3. The second-order valence-corrected chi connectivity index (χ2v) is 4.22. The van der Waals surface area contributed by atoms with Gasteiger partial charge in [-0.25, -0.2) is 0 Å². The summed E-state index contributed by atoms with van der Waals surface area (Å²) in [5.41, 5.74) is 0. The molecule has 1 unspecified atom stereocenters. The summed E-state index contributed by atoms with van der Waals surface area (Å²) in [5, 5.41) is 0. The number of carbonyl (C=O) groups excluding carboxylic acids is 2. The zero-order valence-corrected chi connectivity index (χ0v) is 9.87. The molecule has 1 rings (SSSR count). The van der Waals surface area contributed by atoms with Crippen molar-refractivity contribution in [2.45, 2.75) is 58.0 Å². The molecule has 0 amide bonds. The van der Waals surface area contributed by atoms with E-state index in [1.807, 2.05) is 6.92 Å². The molecular formula is C12H20O4. The predicted octanol–water partition coefficient (Wildman–Crippen LogP) is 2.21. The van der Waals surface area contributed by atoms with Crippen molar-refractivity contribution in [3.8, 4) is 0 Å². The Balaban J connectivity index is 2.36. The van der Waals surface area contributed by atoms with Gasteiger partial charge in [-0.05, 0) is 39.0 Å². The quantitative estimate of drug-likeness (QED) is 0.596. The number of hydrogen-bond donors (Lipinski definition) is 0. The lowest BCUT2D eigenvalue weighted by molar-refractivity contribution is -0.149.